The summed E-state index contributed by atoms with van der Waals surface area (Å²) in [7, 11) is -1.08. The first-order valence-corrected chi connectivity index (χ1v) is 13.4. The number of anilines is 1. The molecule has 172 valence electrons. The quantitative estimate of drug-likeness (QED) is 0.290. The van der Waals surface area contributed by atoms with Crippen LogP contribution in [0.15, 0.2) is 41.3 Å². The van der Waals surface area contributed by atoms with Gasteiger partial charge in [0.05, 0.1) is 5.69 Å². The highest BCUT2D eigenvalue weighted by Crippen LogP contribution is 2.29. The maximum atomic E-state index is 12.7. The molecule has 2 rings (SSSR count). The summed E-state index contributed by atoms with van der Waals surface area (Å²) >= 11 is -2.36. The van der Waals surface area contributed by atoms with E-state index < -0.39 is 19.9 Å². The minimum atomic E-state index is -2.74. The third-order valence-corrected chi connectivity index (χ3v) is 8.60. The monoisotopic (exact) mass is 467 g/mol. The van der Waals surface area contributed by atoms with Gasteiger partial charge in [-0.05, 0) is 55.8 Å². The standard InChI is InChI=1S/C21H32N2O6SSi/c1-5-27-31(28-6-2,29-7-3)16-10-15-22-21(24)23(4)19-13-8-12-18-17(19)11-9-14-20(18)30(25)26/h8-9,11-14H,5-7,10,15-16H2,1-4H3,(H,22,24)(H,25,26)/p-1. The van der Waals surface area contributed by atoms with Crippen molar-refractivity contribution in [1.29, 1.82) is 0 Å². The summed E-state index contributed by atoms with van der Waals surface area (Å²) in [6, 6.07) is 10.6. The van der Waals surface area contributed by atoms with Crippen molar-refractivity contribution < 1.29 is 26.8 Å². The van der Waals surface area contributed by atoms with Gasteiger partial charge >= 0.3 is 14.8 Å². The molecule has 1 unspecified atom stereocenters. The molecule has 0 aliphatic rings. The average Bonchev–Trinajstić information content (AvgIpc) is 2.75. The molecule has 0 heterocycles. The van der Waals surface area contributed by atoms with Gasteiger partial charge < -0.3 is 23.1 Å². The van der Waals surface area contributed by atoms with Gasteiger partial charge in [-0.1, -0.05) is 24.3 Å². The van der Waals surface area contributed by atoms with Gasteiger partial charge in [-0.2, -0.15) is 0 Å². The lowest BCUT2D eigenvalue weighted by molar-refractivity contribution is 0.0708. The van der Waals surface area contributed by atoms with Crippen LogP contribution in [0.4, 0.5) is 10.5 Å². The zero-order chi connectivity index (χ0) is 22.9. The zero-order valence-corrected chi connectivity index (χ0v) is 20.3. The van der Waals surface area contributed by atoms with E-state index in [0.717, 1.165) is 0 Å². The van der Waals surface area contributed by atoms with E-state index >= 15 is 0 Å². The zero-order valence-electron chi connectivity index (χ0n) is 18.5. The molecule has 0 radical (unpaired) electrons. The fourth-order valence-electron chi connectivity index (χ4n) is 3.43. The molecule has 0 saturated heterocycles. The maximum absolute atomic E-state index is 12.7. The molecule has 1 N–H and O–H groups in total. The third-order valence-electron chi connectivity index (χ3n) is 4.73. The summed E-state index contributed by atoms with van der Waals surface area (Å²) in [5.41, 5.74) is 0.629. The van der Waals surface area contributed by atoms with Crippen molar-refractivity contribution in [3.8, 4) is 0 Å². The van der Waals surface area contributed by atoms with Gasteiger partial charge in [0.2, 0.25) is 0 Å². The molecule has 2 amide bonds. The molecule has 31 heavy (non-hydrogen) atoms. The van der Waals surface area contributed by atoms with Gasteiger partial charge in [0.15, 0.2) is 0 Å². The van der Waals surface area contributed by atoms with E-state index in [1.54, 1.807) is 43.4 Å². The van der Waals surface area contributed by atoms with Crippen LogP contribution in [0, 0.1) is 0 Å². The van der Waals surface area contributed by atoms with Gasteiger partial charge in [0.25, 0.3) is 0 Å². The fraction of sp³-hybridized carbons (Fsp3) is 0.476. The number of carbonyl (C=O) groups excluding carboxylic acids is 1. The number of nitrogens with zero attached hydrogens (tertiary/aromatic N) is 1. The van der Waals surface area contributed by atoms with Crippen molar-refractivity contribution in [2.45, 2.75) is 38.1 Å². The molecule has 1 atom stereocenters. The molecule has 0 saturated carbocycles. The minimum Gasteiger partial charge on any atom is -0.768 e. The first kappa shape index (κ1) is 25.4. The third kappa shape index (κ3) is 6.58. The molecular weight excluding hydrogens is 436 g/mol. The molecule has 0 fully saturated rings. The van der Waals surface area contributed by atoms with Gasteiger partial charge in [-0.25, -0.2) is 4.79 Å². The number of benzene rings is 2. The van der Waals surface area contributed by atoms with E-state index in [-0.39, 0.29) is 10.9 Å². The summed E-state index contributed by atoms with van der Waals surface area (Å²) in [5.74, 6) is 0. The van der Waals surface area contributed by atoms with Crippen LogP contribution in [-0.2, 0) is 24.4 Å². The Kier molecular flexibility index (Phi) is 10.1. The Labute approximate surface area is 187 Å². The second-order valence-electron chi connectivity index (χ2n) is 6.74. The highest BCUT2D eigenvalue weighted by atomic mass is 32.2. The number of urea groups is 1. The molecule has 2 aromatic rings. The lowest BCUT2D eigenvalue weighted by atomic mass is 10.1. The Bertz CT molecular complexity index is 880. The summed E-state index contributed by atoms with van der Waals surface area (Å²) in [5, 5.41) is 4.17. The Hall–Kier alpha value is -1.82. The molecule has 2 aromatic carbocycles. The topological polar surface area (TPSA) is 100 Å². The van der Waals surface area contributed by atoms with Gasteiger partial charge in [0.1, 0.15) is 0 Å². The van der Waals surface area contributed by atoms with Crippen LogP contribution in [-0.4, -0.2) is 57.0 Å². The molecule has 10 heteroatoms. The number of hydrogen-bond donors (Lipinski definition) is 1. The van der Waals surface area contributed by atoms with Crippen LogP contribution >= 0.6 is 0 Å². The van der Waals surface area contributed by atoms with E-state index in [4.69, 9.17) is 13.3 Å². The summed E-state index contributed by atoms with van der Waals surface area (Å²) in [4.78, 5) is 14.4. The smallest absolute Gasteiger partial charge is 0.500 e. The second kappa shape index (κ2) is 12.3. The molecule has 8 nitrogen and oxygen atoms in total. The van der Waals surface area contributed by atoms with Crippen molar-refractivity contribution in [3.05, 3.63) is 36.4 Å². The van der Waals surface area contributed by atoms with E-state index in [2.05, 4.69) is 5.32 Å². The number of amides is 2. The van der Waals surface area contributed by atoms with Crippen LogP contribution in [0.2, 0.25) is 6.04 Å². The van der Waals surface area contributed by atoms with Crippen LogP contribution in [0.5, 0.6) is 0 Å². The van der Waals surface area contributed by atoms with Crippen LogP contribution < -0.4 is 10.2 Å². The van der Waals surface area contributed by atoms with Gasteiger partial charge in [0, 0.05) is 49.7 Å². The van der Waals surface area contributed by atoms with Crippen LogP contribution in [0.3, 0.4) is 0 Å². The molecular formula is C21H31N2O6SSi-. The average molecular weight is 468 g/mol. The van der Waals surface area contributed by atoms with E-state index in [9.17, 15) is 13.6 Å². The maximum Gasteiger partial charge on any atom is 0.500 e. The van der Waals surface area contributed by atoms with Crippen molar-refractivity contribution in [2.24, 2.45) is 0 Å². The van der Waals surface area contributed by atoms with Crippen LogP contribution in [0.25, 0.3) is 10.8 Å². The fourth-order valence-corrected chi connectivity index (χ4v) is 6.59. The number of hydrogen-bond acceptors (Lipinski definition) is 6. The predicted molar refractivity (Wildman–Crippen MR) is 123 cm³/mol. The van der Waals surface area contributed by atoms with E-state index in [0.29, 0.717) is 55.3 Å². The Morgan fingerprint density at radius 1 is 1.03 bits per heavy atom. The first-order valence-electron chi connectivity index (χ1n) is 10.4. The van der Waals surface area contributed by atoms with E-state index in [1.165, 1.54) is 4.90 Å². The normalized spacial score (nSPS) is 12.7. The molecule has 0 aromatic heterocycles. The van der Waals surface area contributed by atoms with Crippen molar-refractivity contribution in [3.63, 3.8) is 0 Å². The molecule has 0 bridgehead atoms. The van der Waals surface area contributed by atoms with Crippen molar-refractivity contribution >= 4 is 42.4 Å². The second-order valence-corrected chi connectivity index (χ2v) is 10.4. The van der Waals surface area contributed by atoms with Crippen molar-refractivity contribution in [1.82, 2.24) is 5.32 Å². The van der Waals surface area contributed by atoms with E-state index in [1.807, 2.05) is 20.8 Å². The molecule has 0 spiro atoms. The number of carbonyl (C=O) groups is 1. The highest BCUT2D eigenvalue weighted by molar-refractivity contribution is 7.79. The van der Waals surface area contributed by atoms with Gasteiger partial charge in [-0.3, -0.25) is 9.11 Å². The molecule has 0 aliphatic carbocycles. The number of fused-ring (bicyclic) bond motifs is 1. The predicted octanol–water partition coefficient (Wildman–Crippen LogP) is 3.66. The largest absolute Gasteiger partial charge is 0.768 e. The van der Waals surface area contributed by atoms with Crippen LogP contribution in [0.1, 0.15) is 27.2 Å². The number of nitrogens with one attached hydrogen (secondary N) is 1. The number of rotatable bonds is 12. The lowest BCUT2D eigenvalue weighted by Crippen LogP contribution is -2.46. The Balaban J connectivity index is 2.05. The minimum absolute atomic E-state index is 0.206. The Morgan fingerprint density at radius 3 is 2.19 bits per heavy atom. The summed E-state index contributed by atoms with van der Waals surface area (Å²) in [6.07, 6.45) is 0.653. The molecule has 0 aliphatic heterocycles. The highest BCUT2D eigenvalue weighted by Gasteiger charge is 2.39. The Morgan fingerprint density at radius 2 is 1.61 bits per heavy atom. The first-order chi connectivity index (χ1) is 14.9. The summed E-state index contributed by atoms with van der Waals surface area (Å²) < 4.78 is 40.5. The lowest BCUT2D eigenvalue weighted by Gasteiger charge is -2.28. The van der Waals surface area contributed by atoms with Crippen molar-refractivity contribution in [2.75, 3.05) is 38.3 Å². The SMILES string of the molecule is CCO[Si](CCCNC(=O)N(C)c1cccc2c(S(=O)[O-])cccc12)(OCC)OCC. The van der Waals surface area contributed by atoms with Gasteiger partial charge in [-0.15, -0.1) is 0 Å². The summed E-state index contributed by atoms with van der Waals surface area (Å²) in [6.45, 7) is 7.71.